The number of nitrogens with zero attached hydrogens (tertiary/aromatic N) is 1. The minimum absolute atomic E-state index is 0.197. The van der Waals surface area contributed by atoms with Gasteiger partial charge in [-0.2, -0.15) is 4.31 Å². The molecule has 1 atom stereocenters. The van der Waals surface area contributed by atoms with Crippen LogP contribution in [0.25, 0.3) is 0 Å². The first-order valence-corrected chi connectivity index (χ1v) is 6.18. The Kier molecular flexibility index (Phi) is 3.12. The van der Waals surface area contributed by atoms with Gasteiger partial charge in [-0.15, -0.1) is 0 Å². The molecule has 1 heterocycles. The molecule has 0 spiro atoms. The molecule has 1 aliphatic rings. The summed E-state index contributed by atoms with van der Waals surface area (Å²) < 4.78 is 24.8. The normalized spacial score (nSPS) is 31.3. The second-order valence-electron chi connectivity index (χ2n) is 3.36. The highest BCUT2D eigenvalue weighted by molar-refractivity contribution is 7.89. The SMILES string of the molecule is CCN1C(C)CCCCS1(=O)=O. The third-order valence-electron chi connectivity index (χ3n) is 2.43. The van der Waals surface area contributed by atoms with Crippen LogP contribution in [0.3, 0.4) is 0 Å². The topological polar surface area (TPSA) is 37.4 Å². The van der Waals surface area contributed by atoms with E-state index in [1.807, 2.05) is 13.8 Å². The van der Waals surface area contributed by atoms with Gasteiger partial charge in [0.25, 0.3) is 0 Å². The van der Waals surface area contributed by atoms with Gasteiger partial charge in [-0.3, -0.25) is 0 Å². The Morgan fingerprint density at radius 1 is 1.42 bits per heavy atom. The van der Waals surface area contributed by atoms with Crippen molar-refractivity contribution in [3.8, 4) is 0 Å². The lowest BCUT2D eigenvalue weighted by Crippen LogP contribution is -2.37. The average molecular weight is 191 g/mol. The maximum Gasteiger partial charge on any atom is 0.214 e. The van der Waals surface area contributed by atoms with Crippen LogP contribution in [0.15, 0.2) is 0 Å². The second-order valence-corrected chi connectivity index (χ2v) is 5.41. The van der Waals surface area contributed by atoms with E-state index in [0.29, 0.717) is 12.3 Å². The minimum Gasteiger partial charge on any atom is -0.212 e. The van der Waals surface area contributed by atoms with E-state index in [4.69, 9.17) is 0 Å². The van der Waals surface area contributed by atoms with E-state index < -0.39 is 10.0 Å². The standard InChI is InChI=1S/C8H17NO2S/c1-3-9-8(2)6-4-5-7-12(9,10)11/h8H,3-7H2,1-2H3. The molecule has 0 aliphatic carbocycles. The summed E-state index contributed by atoms with van der Waals surface area (Å²) in [6.45, 7) is 4.51. The molecule has 1 aliphatic heterocycles. The molecule has 1 rings (SSSR count). The number of hydrogen-bond acceptors (Lipinski definition) is 2. The van der Waals surface area contributed by atoms with Crippen LogP contribution in [0.2, 0.25) is 0 Å². The van der Waals surface area contributed by atoms with Gasteiger partial charge in [-0.05, 0) is 19.8 Å². The first kappa shape index (κ1) is 9.99. The summed E-state index contributed by atoms with van der Waals surface area (Å²) in [5.41, 5.74) is 0. The molecule has 0 aromatic heterocycles. The van der Waals surface area contributed by atoms with Gasteiger partial charge in [0.15, 0.2) is 0 Å². The molecule has 0 saturated carbocycles. The van der Waals surface area contributed by atoms with E-state index in [0.717, 1.165) is 19.3 Å². The number of sulfonamides is 1. The van der Waals surface area contributed by atoms with Gasteiger partial charge in [0, 0.05) is 12.6 Å². The van der Waals surface area contributed by atoms with Crippen LogP contribution in [0.5, 0.6) is 0 Å². The molecule has 0 N–H and O–H groups in total. The van der Waals surface area contributed by atoms with Crippen molar-refractivity contribution in [3.05, 3.63) is 0 Å². The molecule has 1 fully saturated rings. The zero-order valence-electron chi connectivity index (χ0n) is 7.78. The van der Waals surface area contributed by atoms with E-state index in [9.17, 15) is 8.42 Å². The fourth-order valence-electron chi connectivity index (χ4n) is 1.77. The molecule has 0 amide bonds. The maximum atomic E-state index is 11.6. The van der Waals surface area contributed by atoms with Crippen molar-refractivity contribution in [1.29, 1.82) is 0 Å². The monoisotopic (exact) mass is 191 g/mol. The van der Waals surface area contributed by atoms with E-state index in [-0.39, 0.29) is 6.04 Å². The Balaban J connectivity index is 2.85. The molecular formula is C8H17NO2S. The predicted molar refractivity (Wildman–Crippen MR) is 49.5 cm³/mol. The molecule has 72 valence electrons. The van der Waals surface area contributed by atoms with Crippen LogP contribution in [-0.4, -0.2) is 31.1 Å². The molecule has 0 radical (unpaired) electrons. The van der Waals surface area contributed by atoms with Crippen LogP contribution >= 0.6 is 0 Å². The quantitative estimate of drug-likeness (QED) is 0.624. The minimum atomic E-state index is -2.93. The number of rotatable bonds is 1. The lowest BCUT2D eigenvalue weighted by atomic mass is 10.1. The zero-order chi connectivity index (χ0) is 9.19. The van der Waals surface area contributed by atoms with Crippen molar-refractivity contribution >= 4 is 10.0 Å². The summed E-state index contributed by atoms with van der Waals surface area (Å²) in [4.78, 5) is 0. The van der Waals surface area contributed by atoms with Crippen molar-refractivity contribution < 1.29 is 8.42 Å². The van der Waals surface area contributed by atoms with Crippen LogP contribution in [-0.2, 0) is 10.0 Å². The highest BCUT2D eigenvalue weighted by atomic mass is 32.2. The summed E-state index contributed by atoms with van der Waals surface area (Å²) in [6.07, 6.45) is 2.87. The van der Waals surface area contributed by atoms with Crippen LogP contribution in [0.1, 0.15) is 33.1 Å². The molecule has 0 aromatic rings. The molecule has 4 heteroatoms. The van der Waals surface area contributed by atoms with Gasteiger partial charge >= 0.3 is 0 Å². The fourth-order valence-corrected chi connectivity index (χ4v) is 3.62. The third-order valence-corrected chi connectivity index (χ3v) is 4.57. The largest absolute Gasteiger partial charge is 0.214 e. The lowest BCUT2D eigenvalue weighted by molar-refractivity contribution is 0.341. The maximum absolute atomic E-state index is 11.6. The average Bonchev–Trinajstić information content (AvgIpc) is 2.09. The second kappa shape index (κ2) is 3.75. The highest BCUT2D eigenvalue weighted by Crippen LogP contribution is 2.18. The van der Waals surface area contributed by atoms with Crippen molar-refractivity contribution in [1.82, 2.24) is 4.31 Å². The van der Waals surface area contributed by atoms with Gasteiger partial charge in [-0.1, -0.05) is 13.3 Å². The summed E-state index contributed by atoms with van der Waals surface area (Å²) in [5.74, 6) is 0.338. The zero-order valence-corrected chi connectivity index (χ0v) is 8.60. The summed E-state index contributed by atoms with van der Waals surface area (Å²) >= 11 is 0. The molecule has 3 nitrogen and oxygen atoms in total. The van der Waals surface area contributed by atoms with Gasteiger partial charge in [0.1, 0.15) is 0 Å². The molecule has 12 heavy (non-hydrogen) atoms. The Labute approximate surface area is 74.8 Å². The Morgan fingerprint density at radius 3 is 2.67 bits per heavy atom. The fraction of sp³-hybridized carbons (Fsp3) is 1.00. The van der Waals surface area contributed by atoms with Gasteiger partial charge in [0.05, 0.1) is 5.75 Å². The van der Waals surface area contributed by atoms with Gasteiger partial charge in [-0.25, -0.2) is 8.42 Å². The van der Waals surface area contributed by atoms with Gasteiger partial charge in [0.2, 0.25) is 10.0 Å². The third kappa shape index (κ3) is 1.98. The smallest absolute Gasteiger partial charge is 0.212 e. The van der Waals surface area contributed by atoms with Crippen LogP contribution < -0.4 is 0 Å². The van der Waals surface area contributed by atoms with E-state index >= 15 is 0 Å². The molecule has 0 aromatic carbocycles. The van der Waals surface area contributed by atoms with E-state index in [1.165, 1.54) is 0 Å². The summed E-state index contributed by atoms with van der Waals surface area (Å²) in [6, 6.07) is 0.197. The Bertz CT molecular complexity index is 235. The van der Waals surface area contributed by atoms with E-state index in [2.05, 4.69) is 0 Å². The van der Waals surface area contributed by atoms with Crippen molar-refractivity contribution in [2.75, 3.05) is 12.3 Å². The predicted octanol–water partition coefficient (Wildman–Crippen LogP) is 1.21. The summed E-state index contributed by atoms with van der Waals surface area (Å²) in [7, 11) is -2.93. The number of hydrogen-bond donors (Lipinski definition) is 0. The van der Waals surface area contributed by atoms with Crippen LogP contribution in [0.4, 0.5) is 0 Å². The Hall–Kier alpha value is -0.0900. The molecule has 1 unspecified atom stereocenters. The first-order chi connectivity index (χ1) is 5.58. The van der Waals surface area contributed by atoms with Crippen LogP contribution in [0, 0.1) is 0 Å². The molecule has 1 saturated heterocycles. The molecule has 0 bridgehead atoms. The lowest BCUT2D eigenvalue weighted by Gasteiger charge is -2.23. The first-order valence-electron chi connectivity index (χ1n) is 4.57. The summed E-state index contributed by atoms with van der Waals surface area (Å²) in [5, 5.41) is 0. The van der Waals surface area contributed by atoms with Gasteiger partial charge < -0.3 is 0 Å². The van der Waals surface area contributed by atoms with E-state index in [1.54, 1.807) is 4.31 Å². The highest BCUT2D eigenvalue weighted by Gasteiger charge is 2.27. The Morgan fingerprint density at radius 2 is 2.08 bits per heavy atom. The van der Waals surface area contributed by atoms with Crippen molar-refractivity contribution in [2.24, 2.45) is 0 Å². The van der Waals surface area contributed by atoms with Crippen molar-refractivity contribution in [3.63, 3.8) is 0 Å². The van der Waals surface area contributed by atoms with Crippen molar-refractivity contribution in [2.45, 2.75) is 39.2 Å². The molecular weight excluding hydrogens is 174 g/mol.